The number of hydrogen-bond donors (Lipinski definition) is 2. The average molecular weight is 168 g/mol. The van der Waals surface area contributed by atoms with Crippen molar-refractivity contribution in [2.24, 2.45) is 5.73 Å². The lowest BCUT2D eigenvalue weighted by molar-refractivity contribution is 0.614. The summed E-state index contributed by atoms with van der Waals surface area (Å²) < 4.78 is 12.3. The summed E-state index contributed by atoms with van der Waals surface area (Å²) in [5, 5.41) is 2.98. The highest BCUT2D eigenvalue weighted by atomic mass is 19.1. The van der Waals surface area contributed by atoms with Gasteiger partial charge in [-0.2, -0.15) is 0 Å². The van der Waals surface area contributed by atoms with Gasteiger partial charge in [0.15, 0.2) is 5.82 Å². The van der Waals surface area contributed by atoms with Crippen molar-refractivity contribution in [2.45, 2.75) is 18.5 Å². The molecule has 4 nitrogen and oxygen atoms in total. The first-order valence-electron chi connectivity index (χ1n) is 3.75. The van der Waals surface area contributed by atoms with Crippen LogP contribution >= 0.6 is 0 Å². The van der Waals surface area contributed by atoms with E-state index in [-0.39, 0.29) is 12.1 Å². The highest BCUT2D eigenvalue weighted by molar-refractivity contribution is 5.29. The van der Waals surface area contributed by atoms with Crippen LogP contribution in [0.3, 0.4) is 0 Å². The maximum atomic E-state index is 12.3. The van der Waals surface area contributed by atoms with E-state index < -0.39 is 5.82 Å². The molecule has 0 amide bonds. The molecule has 1 aromatic rings. The van der Waals surface area contributed by atoms with Crippen LogP contribution in [-0.2, 0) is 0 Å². The predicted octanol–water partition coefficient (Wildman–Crippen LogP) is 0.127. The zero-order valence-electron chi connectivity index (χ0n) is 6.37. The number of rotatable bonds is 2. The lowest BCUT2D eigenvalue weighted by Crippen LogP contribution is -2.14. The van der Waals surface area contributed by atoms with Crippen molar-refractivity contribution in [2.75, 3.05) is 5.32 Å². The Labute approximate surface area is 69.0 Å². The van der Waals surface area contributed by atoms with Crippen molar-refractivity contribution in [1.29, 1.82) is 0 Å². The number of nitrogens with two attached hydrogens (primary N) is 1. The van der Waals surface area contributed by atoms with Gasteiger partial charge in [0.05, 0.1) is 12.4 Å². The topological polar surface area (TPSA) is 63.8 Å². The SMILES string of the molecule is NC1CC1Nc1ncc(F)cn1. The highest BCUT2D eigenvalue weighted by Crippen LogP contribution is 2.21. The summed E-state index contributed by atoms with van der Waals surface area (Å²) in [6.45, 7) is 0. The minimum absolute atomic E-state index is 0.193. The highest BCUT2D eigenvalue weighted by Gasteiger charge is 2.33. The molecule has 1 aliphatic carbocycles. The first-order chi connectivity index (χ1) is 5.75. The van der Waals surface area contributed by atoms with E-state index >= 15 is 0 Å². The van der Waals surface area contributed by atoms with Crippen molar-refractivity contribution in [3.8, 4) is 0 Å². The van der Waals surface area contributed by atoms with E-state index in [1.807, 2.05) is 0 Å². The van der Waals surface area contributed by atoms with E-state index in [0.717, 1.165) is 18.8 Å². The smallest absolute Gasteiger partial charge is 0.223 e. The summed E-state index contributed by atoms with van der Waals surface area (Å²) in [6.07, 6.45) is 3.19. The maximum Gasteiger partial charge on any atom is 0.223 e. The molecule has 0 bridgehead atoms. The first kappa shape index (κ1) is 7.42. The molecule has 0 radical (unpaired) electrons. The van der Waals surface area contributed by atoms with Crippen LogP contribution in [0.25, 0.3) is 0 Å². The Kier molecular flexibility index (Phi) is 1.65. The molecule has 0 saturated heterocycles. The lowest BCUT2D eigenvalue weighted by atomic mass is 10.6. The Morgan fingerprint density at radius 3 is 2.58 bits per heavy atom. The molecule has 12 heavy (non-hydrogen) atoms. The molecular weight excluding hydrogens is 159 g/mol. The minimum Gasteiger partial charge on any atom is -0.350 e. The molecule has 1 heterocycles. The third kappa shape index (κ3) is 1.50. The van der Waals surface area contributed by atoms with E-state index in [9.17, 15) is 4.39 Å². The number of aromatic nitrogens is 2. The molecule has 3 N–H and O–H groups in total. The minimum atomic E-state index is -0.430. The second-order valence-corrected chi connectivity index (χ2v) is 2.88. The van der Waals surface area contributed by atoms with Crippen LogP contribution < -0.4 is 11.1 Å². The number of hydrogen-bond acceptors (Lipinski definition) is 4. The van der Waals surface area contributed by atoms with Crippen LogP contribution in [0.2, 0.25) is 0 Å². The van der Waals surface area contributed by atoms with Crippen LogP contribution in [0.1, 0.15) is 6.42 Å². The number of nitrogens with one attached hydrogen (secondary N) is 1. The van der Waals surface area contributed by atoms with E-state index in [1.54, 1.807) is 0 Å². The van der Waals surface area contributed by atoms with Crippen molar-refractivity contribution in [1.82, 2.24) is 9.97 Å². The number of halogens is 1. The molecule has 0 aliphatic heterocycles. The quantitative estimate of drug-likeness (QED) is 0.658. The molecule has 2 atom stereocenters. The molecule has 1 fully saturated rings. The van der Waals surface area contributed by atoms with E-state index in [0.29, 0.717) is 5.95 Å². The van der Waals surface area contributed by atoms with Gasteiger partial charge in [-0.25, -0.2) is 14.4 Å². The van der Waals surface area contributed by atoms with Gasteiger partial charge in [0.25, 0.3) is 0 Å². The van der Waals surface area contributed by atoms with Gasteiger partial charge in [-0.3, -0.25) is 0 Å². The van der Waals surface area contributed by atoms with Gasteiger partial charge in [-0.1, -0.05) is 0 Å². The van der Waals surface area contributed by atoms with Gasteiger partial charge in [-0.15, -0.1) is 0 Å². The second kappa shape index (κ2) is 2.67. The summed E-state index contributed by atoms with van der Waals surface area (Å²) in [5.74, 6) is 0.00926. The maximum absolute atomic E-state index is 12.3. The first-order valence-corrected chi connectivity index (χ1v) is 3.75. The second-order valence-electron chi connectivity index (χ2n) is 2.88. The largest absolute Gasteiger partial charge is 0.350 e. The van der Waals surface area contributed by atoms with E-state index in [1.165, 1.54) is 0 Å². The summed E-state index contributed by atoms with van der Waals surface area (Å²) in [5.41, 5.74) is 5.55. The van der Waals surface area contributed by atoms with Gasteiger partial charge in [0.1, 0.15) is 0 Å². The van der Waals surface area contributed by atoms with E-state index in [2.05, 4.69) is 15.3 Å². The Hall–Kier alpha value is -1.23. The molecule has 2 rings (SSSR count). The molecular formula is C7H9FN4. The predicted molar refractivity (Wildman–Crippen MR) is 42.0 cm³/mol. The van der Waals surface area contributed by atoms with Crippen molar-refractivity contribution in [3.05, 3.63) is 18.2 Å². The summed E-state index contributed by atoms with van der Waals surface area (Å²) in [4.78, 5) is 7.48. The molecule has 5 heteroatoms. The molecule has 2 unspecified atom stereocenters. The lowest BCUT2D eigenvalue weighted by Gasteiger charge is -2.00. The third-order valence-corrected chi connectivity index (χ3v) is 1.77. The van der Waals surface area contributed by atoms with Crippen LogP contribution in [0.5, 0.6) is 0 Å². The number of nitrogens with zero attached hydrogens (tertiary/aromatic N) is 2. The Morgan fingerprint density at radius 1 is 1.50 bits per heavy atom. The Bertz CT molecular complexity index is 273. The average Bonchev–Trinajstić information content (AvgIpc) is 2.72. The standard InChI is InChI=1S/C7H9FN4/c8-4-2-10-7(11-3-4)12-6-1-5(6)9/h2-3,5-6H,1,9H2,(H,10,11,12). The van der Waals surface area contributed by atoms with Gasteiger partial charge >= 0.3 is 0 Å². The van der Waals surface area contributed by atoms with Crippen LogP contribution in [0, 0.1) is 5.82 Å². The fourth-order valence-corrected chi connectivity index (χ4v) is 0.933. The third-order valence-electron chi connectivity index (χ3n) is 1.77. The summed E-state index contributed by atoms with van der Waals surface area (Å²) in [7, 11) is 0. The van der Waals surface area contributed by atoms with Gasteiger partial charge < -0.3 is 11.1 Å². The molecule has 1 aromatic heterocycles. The molecule has 0 spiro atoms. The van der Waals surface area contributed by atoms with Gasteiger partial charge in [0, 0.05) is 12.1 Å². The molecule has 1 aliphatic rings. The fraction of sp³-hybridized carbons (Fsp3) is 0.429. The Balaban J connectivity index is 2.00. The summed E-state index contributed by atoms with van der Waals surface area (Å²) >= 11 is 0. The van der Waals surface area contributed by atoms with Crippen LogP contribution in [0.4, 0.5) is 10.3 Å². The zero-order valence-corrected chi connectivity index (χ0v) is 6.37. The monoisotopic (exact) mass is 168 g/mol. The summed E-state index contributed by atoms with van der Waals surface area (Å²) in [6, 6.07) is 0.453. The normalized spacial score (nSPS) is 26.8. The van der Waals surface area contributed by atoms with Gasteiger partial charge in [-0.05, 0) is 6.42 Å². The zero-order chi connectivity index (χ0) is 8.55. The van der Waals surface area contributed by atoms with Crippen LogP contribution in [-0.4, -0.2) is 22.1 Å². The van der Waals surface area contributed by atoms with Crippen molar-refractivity contribution in [3.63, 3.8) is 0 Å². The number of anilines is 1. The van der Waals surface area contributed by atoms with Crippen LogP contribution in [0.15, 0.2) is 12.4 Å². The van der Waals surface area contributed by atoms with Crippen molar-refractivity contribution < 1.29 is 4.39 Å². The van der Waals surface area contributed by atoms with Gasteiger partial charge in [0.2, 0.25) is 5.95 Å². The molecule has 1 saturated carbocycles. The molecule has 0 aromatic carbocycles. The van der Waals surface area contributed by atoms with Crippen molar-refractivity contribution >= 4 is 5.95 Å². The fourth-order valence-electron chi connectivity index (χ4n) is 0.933. The molecule has 64 valence electrons. The van der Waals surface area contributed by atoms with E-state index in [4.69, 9.17) is 5.73 Å². The Morgan fingerprint density at radius 2 is 2.08 bits per heavy atom.